The Bertz CT molecular complexity index is 540. The fourth-order valence-electron chi connectivity index (χ4n) is 1.82. The van der Waals surface area contributed by atoms with Gasteiger partial charge in [-0.3, -0.25) is 9.63 Å². The summed E-state index contributed by atoms with van der Waals surface area (Å²) in [4.78, 5) is 29.2. The number of alkyl carbamates (subject to hydrolysis) is 1. The molecule has 0 saturated heterocycles. The molecule has 1 aromatic carbocycles. The van der Waals surface area contributed by atoms with E-state index in [0.717, 1.165) is 10.6 Å². The molecule has 1 N–H and O–H groups in total. The number of carbonyl (C=O) groups is 2. The Morgan fingerprint density at radius 2 is 1.83 bits per heavy atom. The monoisotopic (exact) mass is 342 g/mol. The molecular weight excluding hydrogens is 320 g/mol. The van der Waals surface area contributed by atoms with Gasteiger partial charge in [-0.1, -0.05) is 23.7 Å². The van der Waals surface area contributed by atoms with Gasteiger partial charge >= 0.3 is 6.09 Å². The van der Waals surface area contributed by atoms with Gasteiger partial charge in [0.05, 0.1) is 7.11 Å². The van der Waals surface area contributed by atoms with Crippen molar-refractivity contribution in [1.29, 1.82) is 0 Å². The van der Waals surface area contributed by atoms with E-state index >= 15 is 0 Å². The van der Waals surface area contributed by atoms with E-state index in [9.17, 15) is 9.59 Å². The summed E-state index contributed by atoms with van der Waals surface area (Å²) < 4.78 is 5.21. The van der Waals surface area contributed by atoms with Gasteiger partial charge in [-0.15, -0.1) is 0 Å². The Labute approximate surface area is 141 Å². The van der Waals surface area contributed by atoms with Gasteiger partial charge in [0.15, 0.2) is 0 Å². The van der Waals surface area contributed by atoms with Crippen molar-refractivity contribution in [1.82, 2.24) is 10.4 Å². The molecule has 1 atom stereocenters. The Morgan fingerprint density at radius 1 is 1.26 bits per heavy atom. The number of hydrogen-bond acceptors (Lipinski definition) is 4. The number of halogens is 1. The highest BCUT2D eigenvalue weighted by Crippen LogP contribution is 2.13. The first-order valence-corrected chi connectivity index (χ1v) is 7.56. The highest BCUT2D eigenvalue weighted by atomic mass is 35.5. The van der Waals surface area contributed by atoms with Gasteiger partial charge in [0.2, 0.25) is 0 Å². The Balaban J connectivity index is 2.86. The summed E-state index contributed by atoms with van der Waals surface area (Å²) in [6.07, 6.45) is -0.363. The maximum absolute atomic E-state index is 12.4. The Hall–Kier alpha value is -1.79. The fourth-order valence-corrected chi connectivity index (χ4v) is 1.94. The number of rotatable bonds is 5. The predicted octanol–water partition coefficient (Wildman–Crippen LogP) is 2.80. The lowest BCUT2D eigenvalue weighted by Gasteiger charge is -2.25. The minimum absolute atomic E-state index is 0.295. The topological polar surface area (TPSA) is 67.9 Å². The second-order valence-corrected chi connectivity index (χ2v) is 6.48. The van der Waals surface area contributed by atoms with Crippen LogP contribution in [0.1, 0.15) is 26.3 Å². The molecule has 0 bridgehead atoms. The first-order valence-electron chi connectivity index (χ1n) is 7.18. The Kier molecular flexibility index (Phi) is 6.84. The van der Waals surface area contributed by atoms with Crippen molar-refractivity contribution in [3.63, 3.8) is 0 Å². The number of ether oxygens (including phenoxy) is 1. The summed E-state index contributed by atoms with van der Waals surface area (Å²) in [5.41, 5.74) is 0.207. The van der Waals surface area contributed by atoms with Crippen LogP contribution < -0.4 is 5.32 Å². The molecule has 0 radical (unpaired) electrons. The maximum Gasteiger partial charge on any atom is 0.408 e. The summed E-state index contributed by atoms with van der Waals surface area (Å²) in [5, 5.41) is 4.26. The fraction of sp³-hybridized carbons (Fsp3) is 0.500. The summed E-state index contributed by atoms with van der Waals surface area (Å²) in [5.74, 6) is -0.381. The van der Waals surface area contributed by atoms with E-state index in [1.54, 1.807) is 45.0 Å². The SMILES string of the molecule is CON(C)C(=O)[C@@H](Cc1ccc(Cl)cc1)NC(=O)OC(C)(C)C. The molecule has 6 nitrogen and oxygen atoms in total. The van der Waals surface area contributed by atoms with Gasteiger partial charge < -0.3 is 10.1 Å². The van der Waals surface area contributed by atoms with E-state index in [-0.39, 0.29) is 5.91 Å². The van der Waals surface area contributed by atoms with Crippen molar-refractivity contribution in [3.8, 4) is 0 Å². The van der Waals surface area contributed by atoms with Crippen molar-refractivity contribution < 1.29 is 19.2 Å². The molecule has 1 aromatic rings. The van der Waals surface area contributed by atoms with E-state index in [1.807, 2.05) is 0 Å². The van der Waals surface area contributed by atoms with Crippen LogP contribution in [0.15, 0.2) is 24.3 Å². The largest absolute Gasteiger partial charge is 0.444 e. The van der Waals surface area contributed by atoms with E-state index in [4.69, 9.17) is 21.2 Å². The minimum Gasteiger partial charge on any atom is -0.444 e. The van der Waals surface area contributed by atoms with E-state index in [1.165, 1.54) is 14.2 Å². The van der Waals surface area contributed by atoms with Crippen molar-refractivity contribution in [2.24, 2.45) is 0 Å². The zero-order chi connectivity index (χ0) is 17.6. The maximum atomic E-state index is 12.4. The predicted molar refractivity (Wildman–Crippen MR) is 88.1 cm³/mol. The van der Waals surface area contributed by atoms with Gasteiger partial charge in [-0.05, 0) is 38.5 Å². The summed E-state index contributed by atoms with van der Waals surface area (Å²) >= 11 is 5.86. The molecule has 0 unspecified atom stereocenters. The lowest BCUT2D eigenvalue weighted by atomic mass is 10.1. The van der Waals surface area contributed by atoms with Crippen LogP contribution in [-0.2, 0) is 20.8 Å². The number of likely N-dealkylation sites (N-methyl/N-ethyl adjacent to an activating group) is 1. The lowest BCUT2D eigenvalue weighted by Crippen LogP contribution is -2.49. The number of nitrogens with one attached hydrogen (secondary N) is 1. The quantitative estimate of drug-likeness (QED) is 0.835. The number of benzene rings is 1. The lowest BCUT2D eigenvalue weighted by molar-refractivity contribution is -0.171. The normalized spacial score (nSPS) is 12.4. The van der Waals surface area contributed by atoms with Crippen LogP contribution in [0.3, 0.4) is 0 Å². The molecule has 0 aliphatic carbocycles. The molecular formula is C16H23ClN2O4. The van der Waals surface area contributed by atoms with Crippen molar-refractivity contribution in [2.75, 3.05) is 14.2 Å². The van der Waals surface area contributed by atoms with Crippen LogP contribution in [0.5, 0.6) is 0 Å². The summed E-state index contributed by atoms with van der Waals surface area (Å²) in [7, 11) is 2.86. The molecule has 0 aliphatic heterocycles. The third-order valence-corrected chi connectivity index (χ3v) is 3.18. The Morgan fingerprint density at radius 3 is 2.30 bits per heavy atom. The average molecular weight is 343 g/mol. The molecule has 128 valence electrons. The van der Waals surface area contributed by atoms with Gasteiger partial charge in [0, 0.05) is 18.5 Å². The number of nitrogens with zero attached hydrogens (tertiary/aromatic N) is 1. The van der Waals surface area contributed by atoms with Gasteiger partial charge in [0.25, 0.3) is 5.91 Å². The van der Waals surface area contributed by atoms with Crippen molar-refractivity contribution in [2.45, 2.75) is 38.8 Å². The molecule has 0 heterocycles. The number of hydrogen-bond donors (Lipinski definition) is 1. The molecule has 0 aromatic heterocycles. The molecule has 2 amide bonds. The zero-order valence-electron chi connectivity index (χ0n) is 14.1. The third-order valence-electron chi connectivity index (χ3n) is 2.93. The van der Waals surface area contributed by atoms with E-state index in [2.05, 4.69) is 5.32 Å². The molecule has 1 rings (SSSR count). The molecule has 7 heteroatoms. The molecule has 0 spiro atoms. The molecule has 23 heavy (non-hydrogen) atoms. The van der Waals surface area contributed by atoms with Crippen molar-refractivity contribution in [3.05, 3.63) is 34.9 Å². The van der Waals surface area contributed by atoms with Crippen LogP contribution in [0.25, 0.3) is 0 Å². The molecule has 0 fully saturated rings. The molecule has 0 saturated carbocycles. The van der Waals surface area contributed by atoms with Gasteiger partial charge in [-0.2, -0.15) is 0 Å². The zero-order valence-corrected chi connectivity index (χ0v) is 14.8. The van der Waals surface area contributed by atoms with Crippen LogP contribution in [0.2, 0.25) is 5.02 Å². The second-order valence-electron chi connectivity index (χ2n) is 6.05. The third kappa shape index (κ3) is 6.88. The summed E-state index contributed by atoms with van der Waals surface area (Å²) in [6, 6.07) is 6.24. The highest BCUT2D eigenvalue weighted by Gasteiger charge is 2.27. The van der Waals surface area contributed by atoms with E-state index < -0.39 is 17.7 Å². The van der Waals surface area contributed by atoms with Crippen LogP contribution in [-0.4, -0.2) is 42.9 Å². The second kappa shape index (κ2) is 8.17. The summed E-state index contributed by atoms with van der Waals surface area (Å²) in [6.45, 7) is 5.26. The van der Waals surface area contributed by atoms with Crippen LogP contribution in [0, 0.1) is 0 Å². The average Bonchev–Trinajstić information content (AvgIpc) is 2.45. The standard InChI is InChI=1S/C16H23ClN2O4/c1-16(2,3)23-15(21)18-13(14(20)19(4)22-5)10-11-6-8-12(17)9-7-11/h6-9,13H,10H2,1-5H3,(H,18,21)/t13-/m1/s1. The number of amides is 2. The van der Waals surface area contributed by atoms with E-state index in [0.29, 0.717) is 11.4 Å². The number of carbonyl (C=O) groups excluding carboxylic acids is 2. The minimum atomic E-state index is -0.809. The first kappa shape index (κ1) is 19.3. The van der Waals surface area contributed by atoms with Gasteiger partial charge in [-0.25, -0.2) is 9.86 Å². The van der Waals surface area contributed by atoms with Gasteiger partial charge in [0.1, 0.15) is 11.6 Å². The first-order chi connectivity index (χ1) is 10.6. The highest BCUT2D eigenvalue weighted by molar-refractivity contribution is 6.30. The van der Waals surface area contributed by atoms with Crippen LogP contribution >= 0.6 is 11.6 Å². The van der Waals surface area contributed by atoms with Crippen LogP contribution in [0.4, 0.5) is 4.79 Å². The van der Waals surface area contributed by atoms with Crippen molar-refractivity contribution >= 4 is 23.6 Å². The molecule has 0 aliphatic rings. The number of hydroxylamine groups is 2. The smallest absolute Gasteiger partial charge is 0.408 e.